The summed E-state index contributed by atoms with van der Waals surface area (Å²) in [5.74, 6) is -0.0567. The highest BCUT2D eigenvalue weighted by Crippen LogP contribution is 2.32. The lowest BCUT2D eigenvalue weighted by Gasteiger charge is -2.16. The van der Waals surface area contributed by atoms with Gasteiger partial charge in [0, 0.05) is 12.1 Å². The molecule has 4 nitrogen and oxygen atoms in total. The van der Waals surface area contributed by atoms with Gasteiger partial charge >= 0.3 is 6.18 Å². The molecule has 0 saturated heterocycles. The zero-order chi connectivity index (χ0) is 17.9. The smallest absolute Gasteiger partial charge is 0.352 e. The fourth-order valence-corrected chi connectivity index (χ4v) is 2.19. The molecule has 2 aromatic rings. The van der Waals surface area contributed by atoms with Gasteiger partial charge in [-0.3, -0.25) is 0 Å². The van der Waals surface area contributed by atoms with Gasteiger partial charge in [-0.15, -0.1) is 0 Å². The largest absolute Gasteiger partial charge is 0.433 e. The monoisotopic (exact) mass is 358 g/mol. The van der Waals surface area contributed by atoms with E-state index in [2.05, 4.69) is 20.6 Å². The summed E-state index contributed by atoms with van der Waals surface area (Å²) in [6.07, 6.45) is -3.84. The highest BCUT2D eigenvalue weighted by molar-refractivity contribution is 6.33. The van der Waals surface area contributed by atoms with E-state index in [1.165, 1.54) is 0 Å². The Hall–Kier alpha value is -2.02. The van der Waals surface area contributed by atoms with Gasteiger partial charge < -0.3 is 10.6 Å². The molecule has 24 heavy (non-hydrogen) atoms. The molecular formula is C16H18ClF3N4. The minimum absolute atomic E-state index is 0.0221. The van der Waals surface area contributed by atoms with Crippen molar-refractivity contribution in [3.05, 3.63) is 40.5 Å². The van der Waals surface area contributed by atoms with Crippen LogP contribution in [0.15, 0.2) is 24.3 Å². The summed E-state index contributed by atoms with van der Waals surface area (Å²) < 4.78 is 39.2. The van der Waals surface area contributed by atoms with Gasteiger partial charge in [0.2, 0.25) is 5.95 Å². The molecule has 1 heterocycles. The van der Waals surface area contributed by atoms with Crippen molar-refractivity contribution in [3.63, 3.8) is 0 Å². The van der Waals surface area contributed by atoms with Gasteiger partial charge in [0.25, 0.3) is 0 Å². The van der Waals surface area contributed by atoms with Crippen molar-refractivity contribution in [2.75, 3.05) is 10.6 Å². The normalized spacial score (nSPS) is 12.8. The van der Waals surface area contributed by atoms with E-state index in [0.717, 1.165) is 18.1 Å². The lowest BCUT2D eigenvalue weighted by molar-refractivity contribution is -0.141. The van der Waals surface area contributed by atoms with Crippen molar-refractivity contribution in [2.24, 2.45) is 0 Å². The summed E-state index contributed by atoms with van der Waals surface area (Å²) in [7, 11) is 0. The number of anilines is 3. The van der Waals surface area contributed by atoms with Crippen LogP contribution in [0.4, 0.5) is 30.6 Å². The van der Waals surface area contributed by atoms with Gasteiger partial charge in [0.15, 0.2) is 5.69 Å². The molecule has 0 radical (unpaired) electrons. The summed E-state index contributed by atoms with van der Waals surface area (Å²) in [5, 5.41) is 6.08. The number of aromatic nitrogens is 2. The van der Waals surface area contributed by atoms with Crippen LogP contribution in [-0.2, 0) is 6.18 Å². The van der Waals surface area contributed by atoms with Crippen LogP contribution in [0.2, 0.25) is 5.02 Å². The number of nitrogens with one attached hydrogen (secondary N) is 2. The molecule has 2 rings (SSSR count). The Balaban J connectivity index is 2.38. The van der Waals surface area contributed by atoms with Crippen LogP contribution < -0.4 is 10.6 Å². The predicted molar refractivity (Wildman–Crippen MR) is 89.9 cm³/mol. The van der Waals surface area contributed by atoms with Crippen LogP contribution in [0, 0.1) is 6.92 Å². The van der Waals surface area contributed by atoms with Gasteiger partial charge in [-0.2, -0.15) is 18.2 Å². The van der Waals surface area contributed by atoms with Crippen molar-refractivity contribution >= 4 is 29.1 Å². The summed E-state index contributed by atoms with van der Waals surface area (Å²) in [5.41, 5.74) is 0.404. The molecule has 0 spiro atoms. The number of aryl methyl sites for hydroxylation is 1. The third-order valence-electron chi connectivity index (χ3n) is 3.39. The number of hydrogen-bond acceptors (Lipinski definition) is 4. The van der Waals surface area contributed by atoms with Crippen LogP contribution >= 0.6 is 11.6 Å². The highest BCUT2D eigenvalue weighted by Gasteiger charge is 2.34. The molecule has 0 bridgehead atoms. The fraction of sp³-hybridized carbons (Fsp3) is 0.375. The van der Waals surface area contributed by atoms with E-state index >= 15 is 0 Å². The zero-order valence-corrected chi connectivity index (χ0v) is 14.3. The molecule has 8 heteroatoms. The first kappa shape index (κ1) is 18.3. The topological polar surface area (TPSA) is 49.8 Å². The fourth-order valence-electron chi connectivity index (χ4n) is 1.90. The molecule has 0 aliphatic carbocycles. The molecule has 0 fully saturated rings. The lowest BCUT2D eigenvalue weighted by atomic mass is 10.2. The third-order valence-corrected chi connectivity index (χ3v) is 3.70. The molecule has 130 valence electrons. The summed E-state index contributed by atoms with van der Waals surface area (Å²) in [4.78, 5) is 7.65. The van der Waals surface area contributed by atoms with Crippen molar-refractivity contribution in [3.8, 4) is 0 Å². The van der Waals surface area contributed by atoms with Gasteiger partial charge in [0.05, 0.1) is 10.7 Å². The summed E-state index contributed by atoms with van der Waals surface area (Å²) in [6, 6.07) is 6.02. The molecule has 0 aliphatic heterocycles. The average Bonchev–Trinajstić information content (AvgIpc) is 2.49. The first-order chi connectivity index (χ1) is 11.2. The van der Waals surface area contributed by atoms with Gasteiger partial charge in [-0.05, 0) is 38.0 Å². The Morgan fingerprint density at radius 3 is 2.50 bits per heavy atom. The predicted octanol–water partition coefficient (Wildman–Crippen LogP) is 5.41. The molecule has 1 atom stereocenters. The number of hydrogen-bond donors (Lipinski definition) is 2. The second kappa shape index (κ2) is 7.25. The minimum atomic E-state index is -4.57. The number of rotatable bonds is 5. The Kier molecular flexibility index (Phi) is 5.54. The molecule has 0 saturated carbocycles. The van der Waals surface area contributed by atoms with Crippen LogP contribution in [-0.4, -0.2) is 16.0 Å². The maximum Gasteiger partial charge on any atom is 0.433 e. The van der Waals surface area contributed by atoms with Crippen LogP contribution in [0.25, 0.3) is 0 Å². The second-order valence-corrected chi connectivity index (χ2v) is 5.93. The SMILES string of the molecule is CC[C@@H](C)Nc1nc(Nc2ccc(C)cc2Cl)cc(C(F)(F)F)n1. The van der Waals surface area contributed by atoms with E-state index in [4.69, 9.17) is 11.6 Å². The third kappa shape index (κ3) is 4.74. The van der Waals surface area contributed by atoms with Gasteiger partial charge in [-0.25, -0.2) is 4.98 Å². The van der Waals surface area contributed by atoms with Crippen LogP contribution in [0.1, 0.15) is 31.5 Å². The second-order valence-electron chi connectivity index (χ2n) is 5.52. The Labute approximate surface area is 143 Å². The van der Waals surface area contributed by atoms with Crippen molar-refractivity contribution in [2.45, 2.75) is 39.4 Å². The van der Waals surface area contributed by atoms with Crippen molar-refractivity contribution in [1.82, 2.24) is 9.97 Å². The molecular weight excluding hydrogens is 341 g/mol. The van der Waals surface area contributed by atoms with E-state index in [0.29, 0.717) is 10.7 Å². The minimum Gasteiger partial charge on any atom is -0.352 e. The quantitative estimate of drug-likeness (QED) is 0.750. The van der Waals surface area contributed by atoms with E-state index in [1.807, 2.05) is 20.8 Å². The molecule has 0 unspecified atom stereocenters. The zero-order valence-electron chi connectivity index (χ0n) is 13.5. The Morgan fingerprint density at radius 1 is 1.21 bits per heavy atom. The number of halogens is 4. The average molecular weight is 359 g/mol. The molecule has 2 N–H and O–H groups in total. The van der Waals surface area contributed by atoms with Gasteiger partial charge in [-0.1, -0.05) is 24.6 Å². The van der Waals surface area contributed by atoms with Crippen molar-refractivity contribution < 1.29 is 13.2 Å². The van der Waals surface area contributed by atoms with Crippen molar-refractivity contribution in [1.29, 1.82) is 0 Å². The van der Waals surface area contributed by atoms with Crippen LogP contribution in [0.3, 0.4) is 0 Å². The summed E-state index contributed by atoms with van der Waals surface area (Å²) in [6.45, 7) is 5.63. The number of benzene rings is 1. The van der Waals surface area contributed by atoms with Crippen LogP contribution in [0.5, 0.6) is 0 Å². The molecule has 1 aromatic heterocycles. The highest BCUT2D eigenvalue weighted by atomic mass is 35.5. The van der Waals surface area contributed by atoms with E-state index in [9.17, 15) is 13.2 Å². The lowest BCUT2D eigenvalue weighted by Crippen LogP contribution is -2.18. The maximum absolute atomic E-state index is 13.1. The first-order valence-corrected chi connectivity index (χ1v) is 7.83. The van der Waals surface area contributed by atoms with E-state index in [1.54, 1.807) is 18.2 Å². The standard InChI is InChI=1S/C16H18ClF3N4/c1-4-10(3)21-15-23-13(16(18,19)20)8-14(24-15)22-12-6-5-9(2)7-11(12)17/h5-8,10H,4H2,1-3H3,(H2,21,22,23,24)/t10-/m1/s1. The Morgan fingerprint density at radius 2 is 1.92 bits per heavy atom. The molecule has 0 amide bonds. The van der Waals surface area contributed by atoms with E-state index < -0.39 is 11.9 Å². The Bertz CT molecular complexity index is 719. The van der Waals surface area contributed by atoms with Gasteiger partial charge in [0.1, 0.15) is 5.82 Å². The van der Waals surface area contributed by atoms with E-state index in [-0.39, 0.29) is 17.8 Å². The molecule has 1 aromatic carbocycles. The number of alkyl halides is 3. The maximum atomic E-state index is 13.1. The summed E-state index contributed by atoms with van der Waals surface area (Å²) >= 11 is 6.11. The molecule has 0 aliphatic rings. The number of nitrogens with zero attached hydrogens (tertiary/aromatic N) is 2. The first-order valence-electron chi connectivity index (χ1n) is 7.45.